The number of aliphatic carboxylic acids is 1. The molecule has 0 aromatic heterocycles. The summed E-state index contributed by atoms with van der Waals surface area (Å²) in [6, 6.07) is 1.80. The number of hydrogen-bond donors (Lipinski definition) is 1. The van der Waals surface area contributed by atoms with Crippen molar-refractivity contribution in [3.8, 4) is 6.07 Å². The molecule has 1 N–H and O–H groups in total. The van der Waals surface area contributed by atoms with Gasteiger partial charge in [-0.1, -0.05) is 27.2 Å². The van der Waals surface area contributed by atoms with Gasteiger partial charge in [-0.05, 0) is 30.8 Å². The number of carbonyl (C=O) groups is 1. The van der Waals surface area contributed by atoms with E-state index in [-0.39, 0.29) is 5.57 Å². The average molecular weight is 209 g/mol. The Morgan fingerprint density at radius 2 is 2.07 bits per heavy atom. The molecular weight excluding hydrogens is 190 g/mol. The summed E-state index contributed by atoms with van der Waals surface area (Å²) < 4.78 is 0. The van der Waals surface area contributed by atoms with Crippen molar-refractivity contribution in [2.24, 2.45) is 5.92 Å². The van der Waals surface area contributed by atoms with Gasteiger partial charge >= 0.3 is 5.97 Å². The van der Waals surface area contributed by atoms with Crippen molar-refractivity contribution < 1.29 is 9.90 Å². The van der Waals surface area contributed by atoms with E-state index < -0.39 is 5.97 Å². The van der Waals surface area contributed by atoms with Crippen molar-refractivity contribution in [3.63, 3.8) is 0 Å². The number of unbranched alkanes of at least 4 members (excludes halogenated alkanes) is 1. The van der Waals surface area contributed by atoms with Crippen molar-refractivity contribution in [1.82, 2.24) is 0 Å². The van der Waals surface area contributed by atoms with E-state index in [0.717, 1.165) is 24.8 Å². The van der Waals surface area contributed by atoms with Crippen molar-refractivity contribution in [2.45, 2.75) is 46.5 Å². The number of rotatable bonds is 6. The van der Waals surface area contributed by atoms with Crippen LogP contribution < -0.4 is 0 Å². The van der Waals surface area contributed by atoms with E-state index >= 15 is 0 Å². The summed E-state index contributed by atoms with van der Waals surface area (Å²) in [5.74, 6) is -0.705. The van der Waals surface area contributed by atoms with Crippen molar-refractivity contribution in [1.29, 1.82) is 5.26 Å². The van der Waals surface area contributed by atoms with E-state index in [2.05, 4.69) is 6.92 Å². The first-order chi connectivity index (χ1) is 7.02. The molecule has 3 nitrogen and oxygen atoms in total. The van der Waals surface area contributed by atoms with Gasteiger partial charge in [0.25, 0.3) is 0 Å². The second-order valence-corrected chi connectivity index (χ2v) is 4.10. The van der Waals surface area contributed by atoms with Crippen LogP contribution in [-0.2, 0) is 4.79 Å². The number of nitriles is 1. The Hall–Kier alpha value is -1.30. The van der Waals surface area contributed by atoms with Gasteiger partial charge in [0.2, 0.25) is 0 Å². The highest BCUT2D eigenvalue weighted by atomic mass is 16.4. The fourth-order valence-corrected chi connectivity index (χ4v) is 1.49. The van der Waals surface area contributed by atoms with Crippen molar-refractivity contribution >= 4 is 5.97 Å². The molecule has 0 atom stereocenters. The Balaban J connectivity index is 4.86. The van der Waals surface area contributed by atoms with Gasteiger partial charge in [-0.15, -0.1) is 0 Å². The topological polar surface area (TPSA) is 61.1 Å². The molecule has 0 aromatic carbocycles. The summed E-state index contributed by atoms with van der Waals surface area (Å²) in [7, 11) is 0. The van der Waals surface area contributed by atoms with E-state index in [1.165, 1.54) is 0 Å². The molecule has 15 heavy (non-hydrogen) atoms. The highest BCUT2D eigenvalue weighted by molar-refractivity contribution is 5.92. The van der Waals surface area contributed by atoms with Crippen molar-refractivity contribution in [3.05, 3.63) is 11.1 Å². The summed E-state index contributed by atoms with van der Waals surface area (Å²) >= 11 is 0. The molecule has 0 unspecified atom stereocenters. The number of hydrogen-bond acceptors (Lipinski definition) is 2. The highest BCUT2D eigenvalue weighted by Crippen LogP contribution is 2.21. The van der Waals surface area contributed by atoms with Gasteiger partial charge in [0, 0.05) is 0 Å². The molecule has 0 fully saturated rings. The molecule has 0 aliphatic rings. The van der Waals surface area contributed by atoms with Gasteiger partial charge in [0.05, 0.1) is 0 Å². The maximum Gasteiger partial charge on any atom is 0.346 e. The van der Waals surface area contributed by atoms with Crippen LogP contribution in [0.1, 0.15) is 46.5 Å². The van der Waals surface area contributed by atoms with Gasteiger partial charge in [-0.2, -0.15) is 5.26 Å². The zero-order valence-corrected chi connectivity index (χ0v) is 9.71. The molecule has 0 spiro atoms. The van der Waals surface area contributed by atoms with Crippen LogP contribution in [0.5, 0.6) is 0 Å². The minimum Gasteiger partial charge on any atom is -0.477 e. The molecular formula is C12H19NO2. The third kappa shape index (κ3) is 5.21. The lowest BCUT2D eigenvalue weighted by atomic mass is 9.94. The van der Waals surface area contributed by atoms with Crippen LogP contribution in [0.2, 0.25) is 0 Å². The van der Waals surface area contributed by atoms with E-state index in [4.69, 9.17) is 10.4 Å². The summed E-state index contributed by atoms with van der Waals surface area (Å²) in [5, 5.41) is 17.7. The monoisotopic (exact) mass is 209 g/mol. The van der Waals surface area contributed by atoms with Gasteiger partial charge in [-0.3, -0.25) is 0 Å². The Labute approximate surface area is 91.4 Å². The third-order valence-corrected chi connectivity index (χ3v) is 2.17. The van der Waals surface area contributed by atoms with Crippen LogP contribution in [0.25, 0.3) is 0 Å². The molecule has 0 radical (unpaired) electrons. The largest absolute Gasteiger partial charge is 0.477 e. The lowest BCUT2D eigenvalue weighted by Gasteiger charge is -2.10. The zero-order valence-electron chi connectivity index (χ0n) is 9.71. The number of carboxylic acids is 1. The maximum absolute atomic E-state index is 10.8. The van der Waals surface area contributed by atoms with Crippen LogP contribution in [0, 0.1) is 17.2 Å². The predicted molar refractivity (Wildman–Crippen MR) is 59.3 cm³/mol. The first-order valence-electron chi connectivity index (χ1n) is 5.38. The van der Waals surface area contributed by atoms with E-state index in [1.54, 1.807) is 6.07 Å². The SMILES string of the molecule is CCCCC(CC(C)C)=C(C#N)C(=O)O. The first-order valence-corrected chi connectivity index (χ1v) is 5.38. The average Bonchev–Trinajstić information content (AvgIpc) is 2.13. The minimum absolute atomic E-state index is 0.0582. The molecule has 0 heterocycles. The number of allylic oxidation sites excluding steroid dienone is 1. The lowest BCUT2D eigenvalue weighted by Crippen LogP contribution is -2.05. The molecule has 0 rings (SSSR count). The van der Waals surface area contributed by atoms with Gasteiger partial charge in [-0.25, -0.2) is 4.79 Å². The van der Waals surface area contributed by atoms with Gasteiger partial charge < -0.3 is 5.11 Å². The molecule has 0 aliphatic carbocycles. The first kappa shape index (κ1) is 13.7. The fraction of sp³-hybridized carbons (Fsp3) is 0.667. The Bertz CT molecular complexity index is 284. The molecule has 0 saturated carbocycles. The molecule has 0 amide bonds. The second-order valence-electron chi connectivity index (χ2n) is 4.10. The molecule has 0 bridgehead atoms. The van der Waals surface area contributed by atoms with Crippen LogP contribution in [0.4, 0.5) is 0 Å². The third-order valence-electron chi connectivity index (χ3n) is 2.17. The lowest BCUT2D eigenvalue weighted by molar-refractivity contribution is -0.132. The summed E-state index contributed by atoms with van der Waals surface area (Å²) in [5.41, 5.74) is 0.735. The van der Waals surface area contributed by atoms with Gasteiger partial charge in [0.15, 0.2) is 0 Å². The highest BCUT2D eigenvalue weighted by Gasteiger charge is 2.14. The standard InChI is InChI=1S/C12H19NO2/c1-4-5-6-10(7-9(2)3)11(8-13)12(14)15/h9H,4-7H2,1-3H3,(H,14,15). The normalized spacial score (nSPS) is 12.2. The fourth-order valence-electron chi connectivity index (χ4n) is 1.49. The molecule has 0 aliphatic heterocycles. The Morgan fingerprint density at radius 3 is 2.40 bits per heavy atom. The summed E-state index contributed by atoms with van der Waals surface area (Å²) in [4.78, 5) is 10.8. The van der Waals surface area contributed by atoms with Crippen LogP contribution in [0.3, 0.4) is 0 Å². The van der Waals surface area contributed by atoms with Gasteiger partial charge in [0.1, 0.15) is 11.6 Å². The maximum atomic E-state index is 10.8. The van der Waals surface area contributed by atoms with Crippen LogP contribution in [0.15, 0.2) is 11.1 Å². The minimum atomic E-state index is -1.09. The number of nitrogens with zero attached hydrogens (tertiary/aromatic N) is 1. The Kier molecular flexibility index (Phi) is 6.44. The molecule has 3 heteroatoms. The van der Waals surface area contributed by atoms with Crippen molar-refractivity contribution in [2.75, 3.05) is 0 Å². The van der Waals surface area contributed by atoms with Crippen LogP contribution >= 0.6 is 0 Å². The van der Waals surface area contributed by atoms with E-state index in [0.29, 0.717) is 12.3 Å². The predicted octanol–water partition coefficient (Wildman–Crippen LogP) is 3.13. The zero-order chi connectivity index (χ0) is 11.8. The molecule has 84 valence electrons. The Morgan fingerprint density at radius 1 is 1.47 bits per heavy atom. The number of carboxylic acid groups (broad SMARTS) is 1. The molecule has 0 saturated heterocycles. The second kappa shape index (κ2) is 7.05. The van der Waals surface area contributed by atoms with E-state index in [1.807, 2.05) is 13.8 Å². The summed E-state index contributed by atoms with van der Waals surface area (Å²) in [6.45, 7) is 6.12. The smallest absolute Gasteiger partial charge is 0.346 e. The summed E-state index contributed by atoms with van der Waals surface area (Å²) in [6.07, 6.45) is 3.39. The molecule has 0 aromatic rings. The quantitative estimate of drug-likeness (QED) is 0.540. The van der Waals surface area contributed by atoms with Crippen LogP contribution in [-0.4, -0.2) is 11.1 Å². The van der Waals surface area contributed by atoms with E-state index in [9.17, 15) is 4.79 Å².